The van der Waals surface area contributed by atoms with Gasteiger partial charge in [-0.3, -0.25) is 4.79 Å². The predicted octanol–water partition coefficient (Wildman–Crippen LogP) is 4.82. The first kappa shape index (κ1) is 21.0. The third-order valence-corrected chi connectivity index (χ3v) is 4.33. The van der Waals surface area contributed by atoms with E-state index in [1.54, 1.807) is 42.5 Å². The Labute approximate surface area is 172 Å². The molecule has 3 aromatic carbocycles. The zero-order chi connectivity index (χ0) is 21.7. The van der Waals surface area contributed by atoms with Crippen LogP contribution in [-0.2, 0) is 9.53 Å². The zero-order valence-electron chi connectivity index (χ0n) is 16.3. The molecule has 30 heavy (non-hydrogen) atoms. The van der Waals surface area contributed by atoms with Gasteiger partial charge in [-0.25, -0.2) is 13.6 Å². The van der Waals surface area contributed by atoms with E-state index in [0.717, 1.165) is 17.7 Å². The summed E-state index contributed by atoms with van der Waals surface area (Å²) < 4.78 is 37.7. The molecular weight excluding hydrogens is 392 g/mol. The SMILES string of the molecule is COc1ccc(C)cc1NC(=O)C(OC(=O)c1ccc(F)cc1F)c1ccccc1. The lowest BCUT2D eigenvalue weighted by molar-refractivity contribution is -0.125. The lowest BCUT2D eigenvalue weighted by Crippen LogP contribution is -2.26. The number of hydrogen-bond donors (Lipinski definition) is 1. The molecule has 0 saturated carbocycles. The number of esters is 1. The van der Waals surface area contributed by atoms with Crippen LogP contribution in [0.5, 0.6) is 5.75 Å². The Kier molecular flexibility index (Phi) is 6.41. The van der Waals surface area contributed by atoms with Gasteiger partial charge in [0.15, 0.2) is 0 Å². The Bertz CT molecular complexity index is 1070. The molecule has 7 heteroatoms. The molecule has 0 bridgehead atoms. The number of anilines is 1. The first-order chi connectivity index (χ1) is 14.4. The number of hydrogen-bond acceptors (Lipinski definition) is 4. The van der Waals surface area contributed by atoms with E-state index in [-0.39, 0.29) is 0 Å². The molecule has 1 unspecified atom stereocenters. The second kappa shape index (κ2) is 9.17. The number of aryl methyl sites for hydroxylation is 1. The Morgan fingerprint density at radius 2 is 1.70 bits per heavy atom. The molecule has 0 fully saturated rings. The summed E-state index contributed by atoms with van der Waals surface area (Å²) in [7, 11) is 1.46. The lowest BCUT2D eigenvalue weighted by Gasteiger charge is -2.19. The fourth-order valence-electron chi connectivity index (χ4n) is 2.84. The summed E-state index contributed by atoms with van der Waals surface area (Å²) in [5, 5.41) is 2.69. The largest absolute Gasteiger partial charge is 0.495 e. The maximum atomic E-state index is 14.0. The van der Waals surface area contributed by atoms with Gasteiger partial charge in [-0.2, -0.15) is 0 Å². The molecule has 1 atom stereocenters. The smallest absolute Gasteiger partial charge is 0.342 e. The molecule has 0 aliphatic heterocycles. The van der Waals surface area contributed by atoms with E-state index in [4.69, 9.17) is 9.47 Å². The summed E-state index contributed by atoms with van der Waals surface area (Å²) in [5.41, 5.74) is 1.19. The third-order valence-electron chi connectivity index (χ3n) is 4.33. The van der Waals surface area contributed by atoms with Crippen molar-refractivity contribution < 1.29 is 27.8 Å². The molecule has 1 amide bonds. The number of rotatable bonds is 6. The van der Waals surface area contributed by atoms with E-state index in [9.17, 15) is 18.4 Å². The molecule has 3 rings (SSSR count). The minimum atomic E-state index is -1.37. The van der Waals surface area contributed by atoms with Gasteiger partial charge in [0.1, 0.15) is 17.4 Å². The Hall–Kier alpha value is -3.74. The number of carbonyl (C=O) groups is 2. The van der Waals surface area contributed by atoms with Crippen LogP contribution in [0.1, 0.15) is 27.6 Å². The van der Waals surface area contributed by atoms with Crippen molar-refractivity contribution in [1.82, 2.24) is 0 Å². The maximum Gasteiger partial charge on any atom is 0.342 e. The van der Waals surface area contributed by atoms with Crippen molar-refractivity contribution >= 4 is 17.6 Å². The van der Waals surface area contributed by atoms with Crippen LogP contribution in [0, 0.1) is 18.6 Å². The van der Waals surface area contributed by atoms with Crippen molar-refractivity contribution in [3.63, 3.8) is 0 Å². The standard InChI is InChI=1S/C23H19F2NO4/c1-14-8-11-20(29-2)19(12-14)26-22(27)21(15-6-4-3-5-7-15)30-23(28)17-10-9-16(24)13-18(17)25/h3-13,21H,1-2H3,(H,26,27). The summed E-state index contributed by atoms with van der Waals surface area (Å²) in [6.07, 6.45) is -1.37. The third kappa shape index (κ3) is 4.81. The highest BCUT2D eigenvalue weighted by Crippen LogP contribution is 2.28. The van der Waals surface area contributed by atoms with Crippen molar-refractivity contribution in [1.29, 1.82) is 0 Å². The molecule has 0 aliphatic rings. The van der Waals surface area contributed by atoms with Crippen LogP contribution in [0.2, 0.25) is 0 Å². The minimum absolute atomic E-state index is 0.387. The summed E-state index contributed by atoms with van der Waals surface area (Å²) >= 11 is 0. The number of ether oxygens (including phenoxy) is 2. The summed E-state index contributed by atoms with van der Waals surface area (Å²) in [4.78, 5) is 25.5. The Balaban J connectivity index is 1.90. The average molecular weight is 411 g/mol. The molecule has 0 heterocycles. The van der Waals surface area contributed by atoms with Gasteiger partial charge in [-0.1, -0.05) is 36.4 Å². The summed E-state index contributed by atoms with van der Waals surface area (Å²) in [5.74, 6) is -3.22. The van der Waals surface area contributed by atoms with E-state index < -0.39 is 35.2 Å². The van der Waals surface area contributed by atoms with Crippen LogP contribution in [0.15, 0.2) is 66.7 Å². The van der Waals surface area contributed by atoms with Gasteiger partial charge in [0.25, 0.3) is 5.91 Å². The molecule has 0 spiro atoms. The van der Waals surface area contributed by atoms with Crippen molar-refractivity contribution in [3.8, 4) is 5.75 Å². The zero-order valence-corrected chi connectivity index (χ0v) is 16.3. The summed E-state index contributed by atoms with van der Waals surface area (Å²) in [6.45, 7) is 1.85. The fourth-order valence-corrected chi connectivity index (χ4v) is 2.84. The highest BCUT2D eigenvalue weighted by atomic mass is 19.1. The van der Waals surface area contributed by atoms with Gasteiger partial charge in [-0.05, 0) is 36.8 Å². The summed E-state index contributed by atoms with van der Waals surface area (Å²) in [6, 6.07) is 16.0. The molecule has 1 N–H and O–H groups in total. The molecule has 5 nitrogen and oxygen atoms in total. The number of carbonyl (C=O) groups excluding carboxylic acids is 2. The van der Waals surface area contributed by atoms with Crippen molar-refractivity contribution in [2.75, 3.05) is 12.4 Å². The van der Waals surface area contributed by atoms with Crippen molar-refractivity contribution in [2.24, 2.45) is 0 Å². The van der Waals surface area contributed by atoms with Gasteiger partial charge in [0.05, 0.1) is 18.4 Å². The average Bonchev–Trinajstić information content (AvgIpc) is 2.72. The molecule has 154 valence electrons. The number of methoxy groups -OCH3 is 1. The van der Waals surface area contributed by atoms with Crippen LogP contribution in [0.25, 0.3) is 0 Å². The maximum absolute atomic E-state index is 14.0. The van der Waals surface area contributed by atoms with E-state index in [2.05, 4.69) is 5.32 Å². The van der Waals surface area contributed by atoms with Gasteiger partial charge in [-0.15, -0.1) is 0 Å². The van der Waals surface area contributed by atoms with Crippen LogP contribution in [0.4, 0.5) is 14.5 Å². The van der Waals surface area contributed by atoms with Crippen LogP contribution >= 0.6 is 0 Å². The molecule has 0 saturated heterocycles. The Morgan fingerprint density at radius 3 is 2.37 bits per heavy atom. The topological polar surface area (TPSA) is 64.6 Å². The number of benzene rings is 3. The molecule has 0 radical (unpaired) electrons. The minimum Gasteiger partial charge on any atom is -0.495 e. The van der Waals surface area contributed by atoms with E-state index in [1.807, 2.05) is 13.0 Å². The number of halogens is 2. The molecule has 0 aromatic heterocycles. The lowest BCUT2D eigenvalue weighted by atomic mass is 10.1. The molecule has 0 aliphatic carbocycles. The van der Waals surface area contributed by atoms with Crippen LogP contribution < -0.4 is 10.1 Å². The molecule has 3 aromatic rings. The van der Waals surface area contributed by atoms with E-state index in [0.29, 0.717) is 23.1 Å². The predicted molar refractivity (Wildman–Crippen MR) is 107 cm³/mol. The Morgan fingerprint density at radius 1 is 0.967 bits per heavy atom. The second-order valence-corrected chi connectivity index (χ2v) is 6.51. The number of nitrogens with one attached hydrogen (secondary N) is 1. The monoisotopic (exact) mass is 411 g/mol. The number of amides is 1. The van der Waals surface area contributed by atoms with E-state index >= 15 is 0 Å². The van der Waals surface area contributed by atoms with Crippen LogP contribution in [-0.4, -0.2) is 19.0 Å². The van der Waals surface area contributed by atoms with Gasteiger partial charge >= 0.3 is 5.97 Å². The second-order valence-electron chi connectivity index (χ2n) is 6.51. The fraction of sp³-hybridized carbons (Fsp3) is 0.130. The molecular formula is C23H19F2NO4. The van der Waals surface area contributed by atoms with Gasteiger partial charge < -0.3 is 14.8 Å². The van der Waals surface area contributed by atoms with Crippen LogP contribution in [0.3, 0.4) is 0 Å². The van der Waals surface area contributed by atoms with Gasteiger partial charge in [0, 0.05) is 11.6 Å². The van der Waals surface area contributed by atoms with E-state index in [1.165, 1.54) is 7.11 Å². The van der Waals surface area contributed by atoms with Crippen molar-refractivity contribution in [2.45, 2.75) is 13.0 Å². The first-order valence-electron chi connectivity index (χ1n) is 9.05. The highest BCUT2D eigenvalue weighted by Gasteiger charge is 2.27. The normalized spacial score (nSPS) is 11.5. The van der Waals surface area contributed by atoms with Crippen molar-refractivity contribution in [3.05, 3.63) is 95.1 Å². The highest BCUT2D eigenvalue weighted by molar-refractivity contribution is 5.99. The van der Waals surface area contributed by atoms with Gasteiger partial charge in [0.2, 0.25) is 6.10 Å². The first-order valence-corrected chi connectivity index (χ1v) is 9.05. The quantitative estimate of drug-likeness (QED) is 0.591.